The van der Waals surface area contributed by atoms with Gasteiger partial charge >= 0.3 is 0 Å². The van der Waals surface area contributed by atoms with E-state index in [9.17, 15) is 10.1 Å². The van der Waals surface area contributed by atoms with Gasteiger partial charge in [0.15, 0.2) is 0 Å². The van der Waals surface area contributed by atoms with Gasteiger partial charge in [0.25, 0.3) is 0 Å². The van der Waals surface area contributed by atoms with Crippen molar-refractivity contribution in [2.75, 3.05) is 12.3 Å². The highest BCUT2D eigenvalue weighted by atomic mass is 35.5. The number of aromatic nitrogens is 1. The summed E-state index contributed by atoms with van der Waals surface area (Å²) in [5, 5.41) is 10.1. The first kappa shape index (κ1) is 18.3. The minimum atomic E-state index is 0.0432. The zero-order valence-corrected chi connectivity index (χ0v) is 15.7. The summed E-state index contributed by atoms with van der Waals surface area (Å²) < 4.78 is 1.76. The normalized spacial score (nSPS) is 17.1. The number of hydrogen-bond acceptors (Lipinski definition) is 3. The molecule has 1 amide bonds. The molecule has 0 radical (unpaired) electrons. The smallest absolute Gasteiger partial charge is 0.242 e. The number of hydrogen-bond donors (Lipinski definition) is 1. The molecule has 1 aliphatic rings. The molecule has 26 heavy (non-hydrogen) atoms. The first-order chi connectivity index (χ1) is 12.5. The fraction of sp³-hybridized carbons (Fsp3) is 0.400. The molecule has 1 fully saturated rings. The van der Waals surface area contributed by atoms with E-state index in [1.807, 2.05) is 29.2 Å². The number of piperidine rings is 1. The maximum atomic E-state index is 12.8. The van der Waals surface area contributed by atoms with Crippen LogP contribution in [0.5, 0.6) is 0 Å². The number of halogens is 1. The van der Waals surface area contributed by atoms with Gasteiger partial charge < -0.3 is 15.2 Å². The summed E-state index contributed by atoms with van der Waals surface area (Å²) in [5.74, 6) is 0.0432. The van der Waals surface area contributed by atoms with Gasteiger partial charge in [0.05, 0.1) is 5.69 Å². The average Bonchev–Trinajstić information content (AvgIpc) is 2.92. The Morgan fingerprint density at radius 1 is 1.35 bits per heavy atom. The highest BCUT2D eigenvalue weighted by molar-refractivity contribution is 6.30. The molecule has 1 aromatic carbocycles. The number of amides is 1. The van der Waals surface area contributed by atoms with Gasteiger partial charge in [0.2, 0.25) is 5.91 Å². The molecule has 0 aliphatic carbocycles. The van der Waals surface area contributed by atoms with Crippen LogP contribution in [0.4, 0.5) is 5.69 Å². The highest BCUT2D eigenvalue weighted by Crippen LogP contribution is 2.24. The van der Waals surface area contributed by atoms with Gasteiger partial charge in [-0.3, -0.25) is 4.79 Å². The number of anilines is 1. The van der Waals surface area contributed by atoms with Crippen LogP contribution in [-0.4, -0.2) is 28.0 Å². The Morgan fingerprint density at radius 3 is 2.73 bits per heavy atom. The van der Waals surface area contributed by atoms with E-state index < -0.39 is 0 Å². The number of nitrogens with two attached hydrogens (primary N) is 1. The Kier molecular flexibility index (Phi) is 5.53. The maximum Gasteiger partial charge on any atom is 0.242 e. The molecule has 5 nitrogen and oxygen atoms in total. The second-order valence-corrected chi connectivity index (χ2v) is 7.30. The SMILES string of the molecule is C[C@H]1CCCCN1C(=O)Cn1c(C#N)cc(N)c1Cc1ccc(Cl)cc1. The van der Waals surface area contributed by atoms with Crippen molar-refractivity contribution in [1.29, 1.82) is 5.26 Å². The Bertz CT molecular complexity index is 835. The molecule has 0 spiro atoms. The maximum absolute atomic E-state index is 12.8. The standard InChI is InChI=1S/C20H23ClN4O/c1-14-4-2-3-9-24(14)20(26)13-25-17(12-22)11-18(23)19(25)10-15-5-7-16(21)8-6-15/h5-8,11,14H,2-4,9-10,13,23H2,1H3/t14-/m0/s1. The van der Waals surface area contributed by atoms with Crippen LogP contribution < -0.4 is 5.73 Å². The number of nitrogen functional groups attached to an aromatic ring is 1. The van der Waals surface area contributed by atoms with Crippen LogP contribution in [0.15, 0.2) is 30.3 Å². The second kappa shape index (κ2) is 7.84. The molecule has 1 aliphatic heterocycles. The van der Waals surface area contributed by atoms with Crippen molar-refractivity contribution in [3.8, 4) is 6.07 Å². The molecule has 6 heteroatoms. The topological polar surface area (TPSA) is 75.0 Å². The van der Waals surface area contributed by atoms with Crippen LogP contribution >= 0.6 is 11.6 Å². The van der Waals surface area contributed by atoms with E-state index in [0.29, 0.717) is 22.8 Å². The summed E-state index contributed by atoms with van der Waals surface area (Å²) in [6.07, 6.45) is 3.77. The fourth-order valence-corrected chi connectivity index (χ4v) is 3.70. The van der Waals surface area contributed by atoms with Gasteiger partial charge in [0, 0.05) is 29.7 Å². The molecule has 1 atom stereocenters. The molecule has 2 aromatic rings. The minimum absolute atomic E-state index is 0.0432. The number of rotatable bonds is 4. The number of carbonyl (C=O) groups excluding carboxylic acids is 1. The van der Waals surface area contributed by atoms with Gasteiger partial charge in [-0.05, 0) is 49.9 Å². The molecular formula is C20H23ClN4O. The Balaban J connectivity index is 1.86. The zero-order chi connectivity index (χ0) is 18.7. The van der Waals surface area contributed by atoms with Crippen molar-refractivity contribution < 1.29 is 4.79 Å². The lowest BCUT2D eigenvalue weighted by Gasteiger charge is -2.33. The molecule has 136 valence electrons. The quantitative estimate of drug-likeness (QED) is 0.893. The second-order valence-electron chi connectivity index (χ2n) is 6.86. The minimum Gasteiger partial charge on any atom is -0.397 e. The van der Waals surface area contributed by atoms with E-state index in [-0.39, 0.29) is 18.5 Å². The van der Waals surface area contributed by atoms with Crippen molar-refractivity contribution in [2.24, 2.45) is 0 Å². The molecular weight excluding hydrogens is 348 g/mol. The summed E-state index contributed by atoms with van der Waals surface area (Å²) in [6.45, 7) is 3.01. The van der Waals surface area contributed by atoms with Gasteiger partial charge in [0.1, 0.15) is 18.3 Å². The summed E-state index contributed by atoms with van der Waals surface area (Å²) in [6, 6.07) is 11.6. The number of carbonyl (C=O) groups is 1. The Morgan fingerprint density at radius 2 is 2.08 bits per heavy atom. The predicted molar refractivity (Wildman–Crippen MR) is 103 cm³/mol. The summed E-state index contributed by atoms with van der Waals surface area (Å²) >= 11 is 5.95. The van der Waals surface area contributed by atoms with Crippen LogP contribution in [-0.2, 0) is 17.8 Å². The number of nitriles is 1. The third kappa shape index (κ3) is 3.86. The van der Waals surface area contributed by atoms with E-state index in [1.54, 1.807) is 10.6 Å². The lowest BCUT2D eigenvalue weighted by molar-refractivity contribution is -0.135. The van der Waals surface area contributed by atoms with E-state index in [4.69, 9.17) is 17.3 Å². The third-order valence-corrected chi connectivity index (χ3v) is 5.31. The first-order valence-corrected chi connectivity index (χ1v) is 9.29. The summed E-state index contributed by atoms with van der Waals surface area (Å²) in [4.78, 5) is 14.8. The monoisotopic (exact) mass is 370 g/mol. The van der Waals surface area contributed by atoms with Crippen molar-refractivity contribution in [2.45, 2.75) is 45.2 Å². The molecule has 2 N–H and O–H groups in total. The van der Waals surface area contributed by atoms with E-state index in [1.165, 1.54) is 0 Å². The lowest BCUT2D eigenvalue weighted by atomic mass is 10.0. The van der Waals surface area contributed by atoms with Crippen LogP contribution in [0.25, 0.3) is 0 Å². The molecule has 1 aromatic heterocycles. The van der Waals surface area contributed by atoms with Gasteiger partial charge in [-0.2, -0.15) is 5.26 Å². The van der Waals surface area contributed by atoms with Crippen LogP contribution in [0.1, 0.15) is 43.1 Å². The average molecular weight is 371 g/mol. The van der Waals surface area contributed by atoms with Gasteiger partial charge in [-0.1, -0.05) is 23.7 Å². The largest absolute Gasteiger partial charge is 0.397 e. The molecule has 1 saturated heterocycles. The van der Waals surface area contributed by atoms with Crippen molar-refractivity contribution in [1.82, 2.24) is 9.47 Å². The summed E-state index contributed by atoms with van der Waals surface area (Å²) in [7, 11) is 0. The molecule has 0 saturated carbocycles. The molecule has 3 rings (SSSR count). The predicted octanol–water partition coefficient (Wildman–Crippen LogP) is 3.59. The summed E-state index contributed by atoms with van der Waals surface area (Å²) in [5.41, 5.74) is 8.94. The Labute approximate surface area is 159 Å². The van der Waals surface area contributed by atoms with E-state index in [0.717, 1.165) is 37.1 Å². The van der Waals surface area contributed by atoms with E-state index >= 15 is 0 Å². The van der Waals surface area contributed by atoms with Crippen molar-refractivity contribution in [3.63, 3.8) is 0 Å². The number of benzene rings is 1. The van der Waals surface area contributed by atoms with Crippen molar-refractivity contribution in [3.05, 3.63) is 52.3 Å². The molecule has 0 unspecified atom stereocenters. The zero-order valence-electron chi connectivity index (χ0n) is 14.9. The van der Waals surface area contributed by atoms with Crippen LogP contribution in [0.2, 0.25) is 5.02 Å². The first-order valence-electron chi connectivity index (χ1n) is 8.91. The van der Waals surface area contributed by atoms with Gasteiger partial charge in [-0.25, -0.2) is 0 Å². The molecule has 0 bridgehead atoms. The fourth-order valence-electron chi connectivity index (χ4n) is 3.57. The number of likely N-dealkylation sites (tertiary alicyclic amines) is 1. The molecule has 2 heterocycles. The van der Waals surface area contributed by atoms with Crippen LogP contribution in [0, 0.1) is 11.3 Å². The van der Waals surface area contributed by atoms with Crippen molar-refractivity contribution >= 4 is 23.2 Å². The van der Waals surface area contributed by atoms with E-state index in [2.05, 4.69) is 13.0 Å². The number of nitrogens with zero attached hydrogens (tertiary/aromatic N) is 3. The lowest BCUT2D eigenvalue weighted by Crippen LogP contribution is -2.43. The van der Waals surface area contributed by atoms with Crippen LogP contribution in [0.3, 0.4) is 0 Å². The third-order valence-electron chi connectivity index (χ3n) is 5.06. The Hall–Kier alpha value is -2.45. The highest BCUT2D eigenvalue weighted by Gasteiger charge is 2.25. The van der Waals surface area contributed by atoms with Gasteiger partial charge in [-0.15, -0.1) is 0 Å².